The zero-order valence-corrected chi connectivity index (χ0v) is 12.1. The molecule has 94 valence electrons. The number of likely N-dealkylation sites (tertiary alicyclic amines) is 1. The monoisotopic (exact) mass is 296 g/mol. The molecule has 0 N–H and O–H groups in total. The minimum atomic E-state index is 0.753. The molecule has 1 unspecified atom stereocenters. The molecule has 0 saturated carbocycles. The van der Waals surface area contributed by atoms with Crippen LogP contribution in [0, 0.1) is 0 Å². The van der Waals surface area contributed by atoms with Crippen molar-refractivity contribution in [3.63, 3.8) is 0 Å². The maximum atomic E-state index is 4.48. The molecule has 1 aromatic rings. The Bertz CT molecular complexity index is 337. The van der Waals surface area contributed by atoms with Gasteiger partial charge in [-0.1, -0.05) is 19.8 Å². The summed E-state index contributed by atoms with van der Waals surface area (Å²) in [5, 5.41) is 0. The summed E-state index contributed by atoms with van der Waals surface area (Å²) >= 11 is 3.43. The maximum absolute atomic E-state index is 4.48. The fourth-order valence-corrected chi connectivity index (χ4v) is 2.85. The normalized spacial score (nSPS) is 22.4. The highest BCUT2D eigenvalue weighted by molar-refractivity contribution is 9.10. The van der Waals surface area contributed by atoms with E-state index in [1.165, 1.54) is 44.3 Å². The first-order chi connectivity index (χ1) is 8.29. The fraction of sp³-hybridized carbons (Fsp3) is 0.643. The Kier molecular flexibility index (Phi) is 4.99. The van der Waals surface area contributed by atoms with Gasteiger partial charge in [-0.25, -0.2) is 0 Å². The van der Waals surface area contributed by atoms with E-state index in [4.69, 9.17) is 0 Å². The maximum Gasteiger partial charge on any atom is 0.0544 e. The number of hydrogen-bond acceptors (Lipinski definition) is 2. The molecule has 2 heterocycles. The molecular formula is C14H21BrN2. The van der Waals surface area contributed by atoms with Crippen molar-refractivity contribution in [3.05, 3.63) is 28.5 Å². The lowest BCUT2D eigenvalue weighted by molar-refractivity contribution is 0.184. The van der Waals surface area contributed by atoms with Crippen LogP contribution in [0.5, 0.6) is 0 Å². The molecule has 0 aliphatic carbocycles. The van der Waals surface area contributed by atoms with Crippen molar-refractivity contribution in [2.45, 2.75) is 51.6 Å². The van der Waals surface area contributed by atoms with Gasteiger partial charge in [0.1, 0.15) is 0 Å². The van der Waals surface area contributed by atoms with Gasteiger partial charge in [-0.2, -0.15) is 0 Å². The molecule has 1 aromatic heterocycles. The Balaban J connectivity index is 2.01. The highest BCUT2D eigenvalue weighted by Gasteiger charge is 2.19. The van der Waals surface area contributed by atoms with E-state index in [9.17, 15) is 0 Å². The zero-order valence-electron chi connectivity index (χ0n) is 10.5. The van der Waals surface area contributed by atoms with E-state index in [0.29, 0.717) is 0 Å². The zero-order chi connectivity index (χ0) is 12.1. The van der Waals surface area contributed by atoms with Crippen molar-refractivity contribution in [2.75, 3.05) is 6.54 Å². The molecule has 1 aliphatic rings. The summed E-state index contributed by atoms with van der Waals surface area (Å²) in [6, 6.07) is 4.96. The predicted octanol–water partition coefficient (Wildman–Crippen LogP) is 4.00. The molecule has 0 spiro atoms. The standard InChI is InChI=1S/C14H21BrN2/c1-2-14-6-4-3-5-9-17(14)11-13-8-7-12(15)10-16-13/h7-8,10,14H,2-6,9,11H2,1H3. The lowest BCUT2D eigenvalue weighted by Crippen LogP contribution is -2.34. The Morgan fingerprint density at radius 1 is 1.35 bits per heavy atom. The molecule has 0 bridgehead atoms. The van der Waals surface area contributed by atoms with Crippen LogP contribution in [0.3, 0.4) is 0 Å². The Labute approximate surface area is 113 Å². The molecule has 1 fully saturated rings. The van der Waals surface area contributed by atoms with Gasteiger partial charge in [0.05, 0.1) is 5.69 Å². The third kappa shape index (κ3) is 3.78. The molecule has 2 nitrogen and oxygen atoms in total. The van der Waals surface area contributed by atoms with Gasteiger partial charge in [0.15, 0.2) is 0 Å². The summed E-state index contributed by atoms with van der Waals surface area (Å²) < 4.78 is 1.06. The van der Waals surface area contributed by atoms with Crippen LogP contribution in [-0.4, -0.2) is 22.5 Å². The molecule has 3 heteroatoms. The van der Waals surface area contributed by atoms with E-state index in [1.54, 1.807) is 0 Å². The number of pyridine rings is 1. The molecule has 1 saturated heterocycles. The predicted molar refractivity (Wildman–Crippen MR) is 74.9 cm³/mol. The van der Waals surface area contributed by atoms with Crippen LogP contribution in [0.25, 0.3) is 0 Å². The third-order valence-corrected chi connectivity index (χ3v) is 4.09. The van der Waals surface area contributed by atoms with Gasteiger partial charge in [0.25, 0.3) is 0 Å². The Morgan fingerprint density at radius 3 is 2.94 bits per heavy atom. The van der Waals surface area contributed by atoms with E-state index < -0.39 is 0 Å². The van der Waals surface area contributed by atoms with Crippen LogP contribution in [-0.2, 0) is 6.54 Å². The summed E-state index contributed by atoms with van der Waals surface area (Å²) in [6.45, 7) is 4.54. The summed E-state index contributed by atoms with van der Waals surface area (Å²) in [5.74, 6) is 0. The summed E-state index contributed by atoms with van der Waals surface area (Å²) in [6.07, 6.45) is 8.63. The molecule has 2 rings (SSSR count). The third-order valence-electron chi connectivity index (χ3n) is 3.62. The van der Waals surface area contributed by atoms with Gasteiger partial charge in [0, 0.05) is 23.3 Å². The van der Waals surface area contributed by atoms with Crippen molar-refractivity contribution in [3.8, 4) is 0 Å². The average Bonchev–Trinajstić information content (AvgIpc) is 2.57. The first-order valence-electron chi connectivity index (χ1n) is 6.64. The molecule has 0 aromatic carbocycles. The van der Waals surface area contributed by atoms with Gasteiger partial charge >= 0.3 is 0 Å². The molecule has 17 heavy (non-hydrogen) atoms. The molecule has 0 radical (unpaired) electrons. The number of halogens is 1. The second-order valence-electron chi connectivity index (χ2n) is 4.85. The topological polar surface area (TPSA) is 16.1 Å². The molecular weight excluding hydrogens is 276 g/mol. The minimum absolute atomic E-state index is 0.753. The van der Waals surface area contributed by atoms with Crippen LogP contribution in [0.1, 0.15) is 44.7 Å². The average molecular weight is 297 g/mol. The van der Waals surface area contributed by atoms with Crippen LogP contribution >= 0.6 is 15.9 Å². The van der Waals surface area contributed by atoms with Crippen molar-refractivity contribution in [1.82, 2.24) is 9.88 Å². The van der Waals surface area contributed by atoms with Crippen LogP contribution < -0.4 is 0 Å². The number of rotatable bonds is 3. The second-order valence-corrected chi connectivity index (χ2v) is 5.77. The summed E-state index contributed by atoms with van der Waals surface area (Å²) in [4.78, 5) is 7.10. The van der Waals surface area contributed by atoms with Crippen LogP contribution in [0.4, 0.5) is 0 Å². The van der Waals surface area contributed by atoms with Gasteiger partial charge in [0.2, 0.25) is 0 Å². The highest BCUT2D eigenvalue weighted by Crippen LogP contribution is 2.21. The lowest BCUT2D eigenvalue weighted by atomic mass is 10.1. The second kappa shape index (κ2) is 6.50. The van der Waals surface area contributed by atoms with Crippen molar-refractivity contribution < 1.29 is 0 Å². The molecule has 1 atom stereocenters. The van der Waals surface area contributed by atoms with E-state index >= 15 is 0 Å². The van der Waals surface area contributed by atoms with E-state index in [-0.39, 0.29) is 0 Å². The van der Waals surface area contributed by atoms with E-state index in [1.807, 2.05) is 6.20 Å². The SMILES string of the molecule is CCC1CCCCCN1Cc1ccc(Br)cn1. The first-order valence-corrected chi connectivity index (χ1v) is 7.43. The highest BCUT2D eigenvalue weighted by atomic mass is 79.9. The van der Waals surface area contributed by atoms with Crippen molar-refractivity contribution in [1.29, 1.82) is 0 Å². The van der Waals surface area contributed by atoms with Crippen molar-refractivity contribution in [2.24, 2.45) is 0 Å². The Hall–Kier alpha value is -0.410. The number of aromatic nitrogens is 1. The van der Waals surface area contributed by atoms with E-state index in [2.05, 4.69) is 44.9 Å². The van der Waals surface area contributed by atoms with Crippen LogP contribution in [0.15, 0.2) is 22.8 Å². The Morgan fingerprint density at radius 2 is 2.24 bits per heavy atom. The molecule has 0 amide bonds. The number of nitrogens with zero attached hydrogens (tertiary/aromatic N) is 2. The first kappa shape index (κ1) is 13.0. The summed E-state index contributed by atoms with van der Waals surface area (Å²) in [5.41, 5.74) is 1.19. The smallest absolute Gasteiger partial charge is 0.0544 e. The minimum Gasteiger partial charge on any atom is -0.295 e. The molecule has 1 aliphatic heterocycles. The summed E-state index contributed by atoms with van der Waals surface area (Å²) in [7, 11) is 0. The number of hydrogen-bond donors (Lipinski definition) is 0. The van der Waals surface area contributed by atoms with Gasteiger partial charge in [-0.05, 0) is 53.9 Å². The van der Waals surface area contributed by atoms with Crippen LogP contribution in [0.2, 0.25) is 0 Å². The van der Waals surface area contributed by atoms with Crippen molar-refractivity contribution >= 4 is 15.9 Å². The van der Waals surface area contributed by atoms with E-state index in [0.717, 1.165) is 17.1 Å². The van der Waals surface area contributed by atoms with Gasteiger partial charge < -0.3 is 0 Å². The quantitative estimate of drug-likeness (QED) is 0.838. The van der Waals surface area contributed by atoms with Gasteiger partial charge in [-0.15, -0.1) is 0 Å². The largest absolute Gasteiger partial charge is 0.295 e. The van der Waals surface area contributed by atoms with Gasteiger partial charge in [-0.3, -0.25) is 9.88 Å². The fourth-order valence-electron chi connectivity index (χ4n) is 2.62. The lowest BCUT2D eigenvalue weighted by Gasteiger charge is -2.28.